The molecule has 0 saturated heterocycles. The largest absolute Gasteiger partial charge is 0.464 e. The normalized spacial score (nSPS) is 12.2. The zero-order chi connectivity index (χ0) is 14.5. The summed E-state index contributed by atoms with van der Waals surface area (Å²) in [5.41, 5.74) is 1.78. The first-order valence-electron chi connectivity index (χ1n) is 6.71. The van der Waals surface area contributed by atoms with Gasteiger partial charge in [0.2, 0.25) is 0 Å². The van der Waals surface area contributed by atoms with E-state index in [2.05, 4.69) is 12.2 Å². The molecule has 0 saturated carbocycles. The van der Waals surface area contributed by atoms with E-state index in [1.165, 1.54) is 5.56 Å². The molecule has 2 aromatic rings. The second kappa shape index (κ2) is 6.39. The molecular formula is C16H19NO3. The van der Waals surface area contributed by atoms with Crippen molar-refractivity contribution < 1.29 is 14.3 Å². The average molecular weight is 273 g/mol. The summed E-state index contributed by atoms with van der Waals surface area (Å²) in [6, 6.07) is 10.9. The minimum atomic E-state index is -0.831. The summed E-state index contributed by atoms with van der Waals surface area (Å²) in [6.45, 7) is 4.00. The molecule has 0 aliphatic carbocycles. The van der Waals surface area contributed by atoms with Crippen LogP contribution < -0.4 is 5.32 Å². The topological polar surface area (TPSA) is 62.5 Å². The Morgan fingerprint density at radius 3 is 2.50 bits per heavy atom. The molecule has 4 nitrogen and oxygen atoms in total. The molecule has 0 aliphatic rings. The van der Waals surface area contributed by atoms with Crippen LogP contribution in [0.1, 0.15) is 40.5 Å². The highest BCUT2D eigenvalue weighted by molar-refractivity contribution is 5.94. The number of carbonyl (C=O) groups is 1. The molecule has 2 rings (SSSR count). The fraction of sp³-hybridized carbons (Fsp3) is 0.312. The molecule has 1 aromatic carbocycles. The second-order valence-electron chi connectivity index (χ2n) is 4.72. The molecule has 0 aliphatic heterocycles. The van der Waals surface area contributed by atoms with Crippen LogP contribution in [-0.4, -0.2) is 17.6 Å². The highest BCUT2D eigenvalue weighted by Crippen LogP contribution is 2.15. The molecule has 106 valence electrons. The molecule has 1 heterocycles. The van der Waals surface area contributed by atoms with E-state index in [1.54, 1.807) is 24.3 Å². The number of aryl methyl sites for hydroxylation is 2. The third-order valence-corrected chi connectivity index (χ3v) is 3.17. The summed E-state index contributed by atoms with van der Waals surface area (Å²) < 4.78 is 5.31. The number of furan rings is 1. The summed E-state index contributed by atoms with van der Waals surface area (Å²) in [4.78, 5) is 11.9. The van der Waals surface area contributed by atoms with Crippen molar-refractivity contribution in [1.29, 1.82) is 0 Å². The average Bonchev–Trinajstić information content (AvgIpc) is 2.91. The fourth-order valence-electron chi connectivity index (χ4n) is 1.92. The molecule has 1 unspecified atom stereocenters. The number of amides is 1. The number of rotatable bonds is 5. The maximum absolute atomic E-state index is 11.9. The van der Waals surface area contributed by atoms with Crippen molar-refractivity contribution in [2.45, 2.75) is 26.4 Å². The van der Waals surface area contributed by atoms with E-state index in [4.69, 9.17) is 4.42 Å². The Kier molecular flexibility index (Phi) is 4.58. The molecule has 0 radical (unpaired) electrons. The number of hydrogen-bond donors (Lipinski definition) is 2. The van der Waals surface area contributed by atoms with Crippen LogP contribution in [0.3, 0.4) is 0 Å². The smallest absolute Gasteiger partial charge is 0.251 e. The van der Waals surface area contributed by atoms with Crippen LogP contribution in [0.25, 0.3) is 0 Å². The minimum absolute atomic E-state index is 0.126. The van der Waals surface area contributed by atoms with Crippen molar-refractivity contribution in [2.75, 3.05) is 6.54 Å². The first-order valence-corrected chi connectivity index (χ1v) is 6.71. The van der Waals surface area contributed by atoms with E-state index in [9.17, 15) is 9.90 Å². The van der Waals surface area contributed by atoms with Crippen molar-refractivity contribution in [1.82, 2.24) is 5.32 Å². The molecule has 4 heteroatoms. The predicted molar refractivity (Wildman–Crippen MR) is 76.6 cm³/mol. The maximum atomic E-state index is 11.9. The van der Waals surface area contributed by atoms with Gasteiger partial charge in [0.1, 0.15) is 17.6 Å². The van der Waals surface area contributed by atoms with Crippen LogP contribution in [-0.2, 0) is 6.42 Å². The summed E-state index contributed by atoms with van der Waals surface area (Å²) in [7, 11) is 0. The Morgan fingerprint density at radius 1 is 1.25 bits per heavy atom. The summed E-state index contributed by atoms with van der Waals surface area (Å²) >= 11 is 0. The number of carbonyl (C=O) groups excluding carboxylic acids is 1. The second-order valence-corrected chi connectivity index (χ2v) is 4.72. The standard InChI is InChI=1S/C16H19NO3/c1-3-12-5-7-13(8-6-12)16(19)17-10-14(18)15-9-4-11(2)20-15/h4-9,14,18H,3,10H2,1-2H3,(H,17,19). The quantitative estimate of drug-likeness (QED) is 0.880. The number of hydrogen-bond acceptors (Lipinski definition) is 3. The number of aliphatic hydroxyl groups is 1. The van der Waals surface area contributed by atoms with Crippen LogP contribution in [0, 0.1) is 6.92 Å². The molecule has 0 spiro atoms. The van der Waals surface area contributed by atoms with Crippen LogP contribution in [0.5, 0.6) is 0 Å². The van der Waals surface area contributed by atoms with Crippen molar-refractivity contribution in [3.8, 4) is 0 Å². The molecule has 0 bridgehead atoms. The van der Waals surface area contributed by atoms with Gasteiger partial charge in [0.15, 0.2) is 0 Å². The Morgan fingerprint density at radius 2 is 1.95 bits per heavy atom. The Balaban J connectivity index is 1.91. The summed E-state index contributed by atoms with van der Waals surface area (Å²) in [5.74, 6) is 1.000. The van der Waals surface area contributed by atoms with Gasteiger partial charge in [-0.05, 0) is 43.2 Å². The number of nitrogens with one attached hydrogen (secondary N) is 1. The van der Waals surface area contributed by atoms with Crippen molar-refractivity contribution in [3.63, 3.8) is 0 Å². The molecule has 1 atom stereocenters. The van der Waals surface area contributed by atoms with Gasteiger partial charge in [-0.2, -0.15) is 0 Å². The minimum Gasteiger partial charge on any atom is -0.464 e. The number of aliphatic hydroxyl groups excluding tert-OH is 1. The van der Waals surface area contributed by atoms with Crippen LogP contribution in [0.15, 0.2) is 40.8 Å². The third kappa shape index (κ3) is 3.48. The lowest BCUT2D eigenvalue weighted by Crippen LogP contribution is -2.28. The van der Waals surface area contributed by atoms with Gasteiger partial charge in [-0.3, -0.25) is 4.79 Å². The van der Waals surface area contributed by atoms with Crippen LogP contribution in [0.4, 0.5) is 0 Å². The maximum Gasteiger partial charge on any atom is 0.251 e. The molecule has 1 aromatic heterocycles. The Bertz CT molecular complexity index is 572. The van der Waals surface area contributed by atoms with E-state index in [1.807, 2.05) is 19.1 Å². The van der Waals surface area contributed by atoms with Gasteiger partial charge in [-0.25, -0.2) is 0 Å². The molecule has 0 fully saturated rings. The molecular weight excluding hydrogens is 254 g/mol. The lowest BCUT2D eigenvalue weighted by atomic mass is 10.1. The van der Waals surface area contributed by atoms with E-state index in [-0.39, 0.29) is 12.5 Å². The first kappa shape index (κ1) is 14.3. The Hall–Kier alpha value is -2.07. The summed E-state index contributed by atoms with van der Waals surface area (Å²) in [5, 5.41) is 12.6. The van der Waals surface area contributed by atoms with Gasteiger partial charge in [-0.1, -0.05) is 19.1 Å². The monoisotopic (exact) mass is 273 g/mol. The lowest BCUT2D eigenvalue weighted by Gasteiger charge is -2.10. The zero-order valence-corrected chi connectivity index (χ0v) is 11.7. The van der Waals surface area contributed by atoms with E-state index >= 15 is 0 Å². The van der Waals surface area contributed by atoms with Crippen LogP contribution in [0.2, 0.25) is 0 Å². The third-order valence-electron chi connectivity index (χ3n) is 3.17. The molecule has 2 N–H and O–H groups in total. The van der Waals surface area contributed by atoms with Crippen molar-refractivity contribution in [2.24, 2.45) is 0 Å². The predicted octanol–water partition coefficient (Wildman–Crippen LogP) is 2.61. The van der Waals surface area contributed by atoms with Gasteiger partial charge in [0.05, 0.1) is 6.54 Å². The number of benzene rings is 1. The zero-order valence-electron chi connectivity index (χ0n) is 11.7. The van der Waals surface area contributed by atoms with Gasteiger partial charge >= 0.3 is 0 Å². The highest BCUT2D eigenvalue weighted by Gasteiger charge is 2.13. The molecule has 1 amide bonds. The SMILES string of the molecule is CCc1ccc(C(=O)NCC(O)c2ccc(C)o2)cc1. The lowest BCUT2D eigenvalue weighted by molar-refractivity contribution is 0.0900. The van der Waals surface area contributed by atoms with Crippen molar-refractivity contribution >= 4 is 5.91 Å². The van der Waals surface area contributed by atoms with Gasteiger partial charge < -0.3 is 14.8 Å². The molecule has 20 heavy (non-hydrogen) atoms. The van der Waals surface area contributed by atoms with Gasteiger partial charge in [0.25, 0.3) is 5.91 Å². The highest BCUT2D eigenvalue weighted by atomic mass is 16.4. The first-order chi connectivity index (χ1) is 9.60. The summed E-state index contributed by atoms with van der Waals surface area (Å²) in [6.07, 6.45) is 0.112. The van der Waals surface area contributed by atoms with Crippen molar-refractivity contribution in [3.05, 3.63) is 59.0 Å². The van der Waals surface area contributed by atoms with E-state index in [0.717, 1.165) is 12.2 Å². The van der Waals surface area contributed by atoms with Gasteiger partial charge in [0, 0.05) is 5.56 Å². The van der Waals surface area contributed by atoms with Gasteiger partial charge in [-0.15, -0.1) is 0 Å². The van der Waals surface area contributed by atoms with E-state index < -0.39 is 6.10 Å². The fourth-order valence-corrected chi connectivity index (χ4v) is 1.92. The van der Waals surface area contributed by atoms with E-state index in [0.29, 0.717) is 11.3 Å². The Labute approximate surface area is 118 Å². The van der Waals surface area contributed by atoms with Crippen LogP contribution >= 0.6 is 0 Å².